The van der Waals surface area contributed by atoms with Gasteiger partial charge >= 0.3 is 11.9 Å². The van der Waals surface area contributed by atoms with Gasteiger partial charge in [0, 0.05) is 25.9 Å². The van der Waals surface area contributed by atoms with Crippen molar-refractivity contribution >= 4 is 53.3 Å². The Morgan fingerprint density at radius 2 is 1.34 bits per heavy atom. The van der Waals surface area contributed by atoms with Gasteiger partial charge in [-0.3, -0.25) is 38.6 Å². The van der Waals surface area contributed by atoms with Crippen molar-refractivity contribution in [3.63, 3.8) is 0 Å². The summed E-state index contributed by atoms with van der Waals surface area (Å²) in [7, 11) is 0. The first-order chi connectivity index (χ1) is 30.7. The molecule has 0 bridgehead atoms. The predicted molar refractivity (Wildman–Crippen MR) is 238 cm³/mol. The maximum absolute atomic E-state index is 14.4. The van der Waals surface area contributed by atoms with Gasteiger partial charge in [0.15, 0.2) is 5.96 Å². The van der Waals surface area contributed by atoms with Gasteiger partial charge in [0.1, 0.15) is 42.0 Å². The molecule has 2 aromatic carbocycles. The van der Waals surface area contributed by atoms with Crippen molar-refractivity contribution < 1.29 is 53.7 Å². The highest BCUT2D eigenvalue weighted by atomic mass is 16.4. The van der Waals surface area contributed by atoms with Crippen LogP contribution in [0.4, 0.5) is 0 Å². The highest BCUT2D eigenvalue weighted by Gasteiger charge is 2.41. The number of nitrogens with zero attached hydrogens (tertiary/aromatic N) is 2. The van der Waals surface area contributed by atoms with Gasteiger partial charge in [-0.1, -0.05) is 76.6 Å². The normalized spacial score (nSPS) is 16.6. The minimum Gasteiger partial charge on any atom is -0.508 e. The first-order valence-corrected chi connectivity index (χ1v) is 21.6. The first-order valence-electron chi connectivity index (χ1n) is 21.6. The summed E-state index contributed by atoms with van der Waals surface area (Å²) in [5.41, 5.74) is 17.8. The van der Waals surface area contributed by atoms with Crippen molar-refractivity contribution in [3.8, 4) is 5.75 Å². The summed E-state index contributed by atoms with van der Waals surface area (Å²) in [5.74, 6) is -8.43. The molecule has 21 nitrogen and oxygen atoms in total. The second kappa shape index (κ2) is 25.5. The number of amides is 6. The number of rotatable bonds is 25. The lowest BCUT2D eigenvalue weighted by atomic mass is 9.96. The van der Waals surface area contributed by atoms with Crippen LogP contribution in [0.3, 0.4) is 0 Å². The fourth-order valence-corrected chi connectivity index (χ4v) is 7.20. The zero-order valence-corrected chi connectivity index (χ0v) is 37.2. The number of likely N-dealkylation sites (tertiary alicyclic amines) is 1. The van der Waals surface area contributed by atoms with E-state index in [0.717, 1.165) is 0 Å². The molecule has 0 saturated carbocycles. The lowest BCUT2D eigenvalue weighted by molar-refractivity contribution is -0.145. The minimum atomic E-state index is -1.49. The molecule has 0 radical (unpaired) electrons. The van der Waals surface area contributed by atoms with Gasteiger partial charge in [-0.2, -0.15) is 0 Å². The van der Waals surface area contributed by atoms with Crippen molar-refractivity contribution in [1.29, 1.82) is 0 Å². The van der Waals surface area contributed by atoms with Crippen molar-refractivity contribution in [1.82, 2.24) is 31.5 Å². The van der Waals surface area contributed by atoms with Crippen LogP contribution in [0.5, 0.6) is 5.75 Å². The lowest BCUT2D eigenvalue weighted by Gasteiger charge is -2.33. The average Bonchev–Trinajstić information content (AvgIpc) is 3.75. The van der Waals surface area contributed by atoms with Crippen LogP contribution in [0, 0.1) is 11.8 Å². The molecule has 0 aromatic heterocycles. The van der Waals surface area contributed by atoms with Gasteiger partial charge < -0.3 is 64.0 Å². The number of carbonyl (C=O) groups excluding carboxylic acids is 6. The number of benzene rings is 2. The van der Waals surface area contributed by atoms with Crippen LogP contribution in [-0.4, -0.2) is 129 Å². The maximum Gasteiger partial charge on any atom is 0.326 e. The van der Waals surface area contributed by atoms with Crippen LogP contribution >= 0.6 is 0 Å². The molecule has 6 amide bonds. The van der Waals surface area contributed by atoms with Gasteiger partial charge in [0.05, 0.1) is 12.5 Å². The molecular weight excluding hydrogens is 845 g/mol. The molecule has 1 aliphatic rings. The van der Waals surface area contributed by atoms with E-state index < -0.39 is 108 Å². The predicted octanol–water partition coefficient (Wildman–Crippen LogP) is -0.765. The smallest absolute Gasteiger partial charge is 0.326 e. The third kappa shape index (κ3) is 16.7. The Hall–Kier alpha value is -6.77. The molecule has 1 heterocycles. The number of aliphatic carboxylic acids is 2. The number of phenolic OH excluding ortho intramolecular Hbond substituents is 1. The number of aromatic hydroxyl groups is 1. The summed E-state index contributed by atoms with van der Waals surface area (Å²) >= 11 is 0. The summed E-state index contributed by atoms with van der Waals surface area (Å²) in [6.45, 7) is 7.07. The van der Waals surface area contributed by atoms with E-state index in [-0.39, 0.29) is 56.9 Å². The number of phenols is 1. The average molecular weight is 909 g/mol. The summed E-state index contributed by atoms with van der Waals surface area (Å²) < 4.78 is 0. The SMILES string of the molecule is CC[C@H](C)[C@H](NC(=O)[C@H](Cc1ccc(O)cc1)NC(=O)[C@@H](NC(=O)[C@H](CCCN=C(N)N)NC(=O)[C@@H](N)CC(=O)O)C(C)C)C(=O)N1CCC[C@H]1C(=O)N[C@@H](Cc1ccccc1)C(=O)O. The van der Waals surface area contributed by atoms with Crippen molar-refractivity contribution in [3.05, 3.63) is 65.7 Å². The van der Waals surface area contributed by atoms with Crippen LogP contribution in [0.2, 0.25) is 0 Å². The monoisotopic (exact) mass is 908 g/mol. The van der Waals surface area contributed by atoms with Crippen molar-refractivity contribution in [2.24, 2.45) is 34.0 Å². The third-order valence-electron chi connectivity index (χ3n) is 11.1. The summed E-state index contributed by atoms with van der Waals surface area (Å²) in [6.07, 6.45) is 0.447. The molecular formula is C44H64N10O11. The Morgan fingerprint density at radius 1 is 0.754 bits per heavy atom. The van der Waals surface area contributed by atoms with E-state index in [0.29, 0.717) is 24.0 Å². The number of carboxylic acids is 2. The molecule has 1 saturated heterocycles. The van der Waals surface area contributed by atoms with Gasteiger partial charge in [-0.25, -0.2) is 4.79 Å². The van der Waals surface area contributed by atoms with Gasteiger partial charge in [0.2, 0.25) is 35.4 Å². The molecule has 2 aromatic rings. The highest BCUT2D eigenvalue weighted by Crippen LogP contribution is 2.23. The molecule has 356 valence electrons. The molecule has 21 heteroatoms. The van der Waals surface area contributed by atoms with E-state index in [4.69, 9.17) is 22.3 Å². The van der Waals surface area contributed by atoms with E-state index >= 15 is 0 Å². The molecule has 0 unspecified atom stereocenters. The number of aliphatic imine (C=N–C) groups is 1. The van der Waals surface area contributed by atoms with Gasteiger partial charge in [0.25, 0.3) is 0 Å². The summed E-state index contributed by atoms with van der Waals surface area (Å²) in [5, 5.41) is 42.2. The van der Waals surface area contributed by atoms with Crippen LogP contribution in [0.1, 0.15) is 77.3 Å². The summed E-state index contributed by atoms with van der Waals surface area (Å²) in [6, 6.07) is 5.74. The maximum atomic E-state index is 14.4. The van der Waals surface area contributed by atoms with Gasteiger partial charge in [-0.15, -0.1) is 0 Å². The van der Waals surface area contributed by atoms with Crippen molar-refractivity contribution in [2.75, 3.05) is 13.1 Å². The fourth-order valence-electron chi connectivity index (χ4n) is 7.20. The Bertz CT molecular complexity index is 2000. The number of nitrogens with two attached hydrogens (primary N) is 3. The topological polar surface area (TPSA) is 351 Å². The molecule has 0 spiro atoms. The largest absolute Gasteiger partial charge is 0.508 e. The second-order valence-electron chi connectivity index (χ2n) is 16.5. The Morgan fingerprint density at radius 3 is 1.92 bits per heavy atom. The number of hydrogen-bond acceptors (Lipinski definition) is 11. The molecule has 65 heavy (non-hydrogen) atoms. The van der Waals surface area contributed by atoms with E-state index in [2.05, 4.69) is 31.6 Å². The number of carbonyl (C=O) groups is 8. The Kier molecular flexibility index (Phi) is 20.6. The molecule has 3 rings (SSSR count). The number of guanidine groups is 1. The van der Waals surface area contributed by atoms with E-state index in [1.54, 1.807) is 63.2 Å². The summed E-state index contributed by atoms with van der Waals surface area (Å²) in [4.78, 5) is 112. The minimum absolute atomic E-state index is 0.0186. The number of nitrogens with one attached hydrogen (secondary N) is 5. The second-order valence-corrected chi connectivity index (χ2v) is 16.5. The fraction of sp³-hybridized carbons (Fsp3) is 0.523. The van der Waals surface area contributed by atoms with Crippen LogP contribution < -0.4 is 43.8 Å². The Labute approximate surface area is 377 Å². The quantitative estimate of drug-likeness (QED) is 0.0331. The van der Waals surface area contributed by atoms with Crippen LogP contribution in [0.25, 0.3) is 0 Å². The Balaban J connectivity index is 1.88. The van der Waals surface area contributed by atoms with E-state index in [9.17, 15) is 48.6 Å². The highest BCUT2D eigenvalue weighted by molar-refractivity contribution is 5.97. The molecule has 0 aliphatic carbocycles. The first kappa shape index (κ1) is 52.6. The lowest BCUT2D eigenvalue weighted by Crippen LogP contribution is -2.61. The van der Waals surface area contributed by atoms with Crippen molar-refractivity contribution in [2.45, 2.75) is 121 Å². The number of carboxylic acid groups (broad SMARTS) is 2. The van der Waals surface area contributed by atoms with Gasteiger partial charge in [-0.05, 0) is 60.8 Å². The molecule has 1 fully saturated rings. The zero-order chi connectivity index (χ0) is 48.4. The van der Waals surface area contributed by atoms with Crippen LogP contribution in [-0.2, 0) is 51.2 Å². The molecule has 1 aliphatic heterocycles. The molecule has 14 N–H and O–H groups in total. The van der Waals surface area contributed by atoms with E-state index in [1.807, 2.05) is 6.92 Å². The molecule has 8 atom stereocenters. The third-order valence-corrected chi connectivity index (χ3v) is 11.1. The number of hydrogen-bond donors (Lipinski definition) is 11. The standard InChI is InChI=1S/C44H64N10O11/c1-5-25(4)36(42(63)54-20-10-14-33(54)40(61)51-32(43(64)65)22-26-11-7-6-8-12-26)53-39(60)31(21-27-15-17-28(55)18-16-27)50-41(62)35(24(2)3)52-38(59)30(13-9-19-48-44(46)47)49-37(58)29(45)23-34(56)57/h6-8,11-12,15-18,24-25,29-33,35-36,55H,5,9-10,13-14,19-23,45H2,1-4H3,(H,49,58)(H,50,62)(H,51,61)(H,52,59)(H,53,60)(H,56,57)(H,64,65)(H4,46,47,48)/t25-,29-,30-,31-,32-,33-,35-,36-/m0/s1. The van der Waals surface area contributed by atoms with Crippen LogP contribution in [0.15, 0.2) is 59.6 Å². The zero-order valence-electron chi connectivity index (χ0n) is 37.2. The van der Waals surface area contributed by atoms with E-state index in [1.165, 1.54) is 17.0 Å².